The fourth-order valence-corrected chi connectivity index (χ4v) is 0.814. The maximum Gasteiger partial charge on any atom is 0.213 e. The van der Waals surface area contributed by atoms with Crippen molar-refractivity contribution in [3.05, 3.63) is 35.6 Å². The second kappa shape index (κ2) is 5.09. The molecule has 0 aliphatic rings. The molecule has 1 unspecified atom stereocenters. The van der Waals surface area contributed by atoms with Crippen LogP contribution in [0.1, 0.15) is 19.6 Å². The highest BCUT2D eigenvalue weighted by atomic mass is 16.5. The molecular weight excluding hydrogens is 196 g/mol. The highest BCUT2D eigenvalue weighted by Crippen LogP contribution is 2.02. The first-order valence-corrected chi connectivity index (χ1v) is 4.49. The molecule has 1 aromatic rings. The van der Waals surface area contributed by atoms with E-state index >= 15 is 0 Å². The molecule has 0 spiro atoms. The summed E-state index contributed by atoms with van der Waals surface area (Å²) in [6.45, 7) is 2.95. The van der Waals surface area contributed by atoms with Gasteiger partial charge in [0.2, 0.25) is 6.20 Å². The predicted molar refractivity (Wildman–Crippen MR) is 53.9 cm³/mol. The van der Waals surface area contributed by atoms with Crippen molar-refractivity contribution in [1.29, 1.82) is 0 Å². The molecular formula is C10H12N2O3. The van der Waals surface area contributed by atoms with E-state index in [2.05, 4.69) is 5.11 Å². The molecule has 0 aromatic carbocycles. The van der Waals surface area contributed by atoms with Crippen LogP contribution in [-0.2, 0) is 4.79 Å². The maximum atomic E-state index is 11.1. The van der Waals surface area contributed by atoms with Gasteiger partial charge in [0, 0.05) is 6.08 Å². The molecule has 5 nitrogen and oxygen atoms in total. The van der Waals surface area contributed by atoms with Gasteiger partial charge in [0.15, 0.2) is 11.8 Å². The lowest BCUT2D eigenvalue weighted by molar-refractivity contribution is -0.459. The second-order valence-electron chi connectivity index (χ2n) is 3.04. The Balaban J connectivity index is 2.62. The number of nitrogens with zero attached hydrogens (tertiary/aromatic N) is 2. The van der Waals surface area contributed by atoms with E-state index in [9.17, 15) is 10.0 Å². The van der Waals surface area contributed by atoms with Gasteiger partial charge in [-0.1, -0.05) is 4.86 Å². The first-order valence-electron chi connectivity index (χ1n) is 4.49. The molecule has 1 atom stereocenters. The number of carbonyl (C=O) groups excluding carboxylic acids is 1. The second-order valence-corrected chi connectivity index (χ2v) is 3.04. The van der Waals surface area contributed by atoms with Gasteiger partial charge in [-0.25, -0.2) is 0 Å². The lowest BCUT2D eigenvalue weighted by Crippen LogP contribution is -2.12. The van der Waals surface area contributed by atoms with Crippen LogP contribution in [0.25, 0.3) is 6.08 Å². The Morgan fingerprint density at radius 1 is 1.73 bits per heavy atom. The number of Topliss-reactive ketones (excluding diaryl/α,β-unsaturated/α-hetero) is 1. The minimum atomic E-state index is -0.622. The lowest BCUT2D eigenvalue weighted by atomic mass is 10.3. The molecule has 0 fully saturated rings. The molecule has 0 saturated carbocycles. The Morgan fingerprint density at radius 2 is 2.47 bits per heavy atom. The number of rotatable bonds is 4. The van der Waals surface area contributed by atoms with Crippen molar-refractivity contribution in [2.75, 3.05) is 0 Å². The van der Waals surface area contributed by atoms with Crippen LogP contribution in [0.3, 0.4) is 0 Å². The third-order valence-corrected chi connectivity index (χ3v) is 1.78. The SMILES string of the molecule is CC(=O)C(C)N=[N+]([O-])C=Cc1ccco1. The molecule has 0 amide bonds. The van der Waals surface area contributed by atoms with E-state index in [1.165, 1.54) is 25.5 Å². The van der Waals surface area contributed by atoms with Gasteiger partial charge in [0.25, 0.3) is 0 Å². The van der Waals surface area contributed by atoms with Gasteiger partial charge in [-0.3, -0.25) is 4.79 Å². The summed E-state index contributed by atoms with van der Waals surface area (Å²) < 4.78 is 4.98. The van der Waals surface area contributed by atoms with Gasteiger partial charge < -0.3 is 9.62 Å². The van der Waals surface area contributed by atoms with E-state index in [1.54, 1.807) is 19.1 Å². The van der Waals surface area contributed by atoms with Gasteiger partial charge in [-0.05, 0) is 31.1 Å². The van der Waals surface area contributed by atoms with E-state index in [1.807, 2.05) is 0 Å². The molecule has 80 valence electrons. The number of carbonyl (C=O) groups is 1. The zero-order chi connectivity index (χ0) is 11.3. The monoisotopic (exact) mass is 208 g/mol. The van der Waals surface area contributed by atoms with Crippen LogP contribution < -0.4 is 0 Å². The first kappa shape index (κ1) is 11.2. The molecule has 5 heteroatoms. The molecule has 0 radical (unpaired) electrons. The summed E-state index contributed by atoms with van der Waals surface area (Å²) in [6.07, 6.45) is 4.17. The molecule has 0 aliphatic carbocycles. The van der Waals surface area contributed by atoms with E-state index < -0.39 is 6.04 Å². The quantitative estimate of drug-likeness (QED) is 0.432. The van der Waals surface area contributed by atoms with E-state index in [-0.39, 0.29) is 5.78 Å². The molecule has 0 aliphatic heterocycles. The van der Waals surface area contributed by atoms with E-state index in [0.717, 1.165) is 0 Å². The average molecular weight is 208 g/mol. The predicted octanol–water partition coefficient (Wildman–Crippen LogP) is 2.19. The zero-order valence-electron chi connectivity index (χ0n) is 8.58. The van der Waals surface area contributed by atoms with Crippen molar-refractivity contribution in [3.63, 3.8) is 0 Å². The third kappa shape index (κ3) is 3.76. The van der Waals surface area contributed by atoms with Crippen molar-refractivity contribution in [2.45, 2.75) is 19.9 Å². The van der Waals surface area contributed by atoms with Gasteiger partial charge in [-0.15, -0.1) is 0 Å². The van der Waals surface area contributed by atoms with Crippen LogP contribution in [0, 0.1) is 5.21 Å². The molecule has 1 aromatic heterocycles. The van der Waals surface area contributed by atoms with Crippen LogP contribution in [-0.4, -0.2) is 16.7 Å². The molecule has 1 heterocycles. The van der Waals surface area contributed by atoms with Crippen LogP contribution in [0.4, 0.5) is 0 Å². The number of hydrogen-bond donors (Lipinski definition) is 0. The molecule has 0 N–H and O–H groups in total. The number of hydroxylamine groups is 1. The lowest BCUT2D eigenvalue weighted by Gasteiger charge is -1.97. The Hall–Kier alpha value is -1.91. The Kier molecular flexibility index (Phi) is 3.79. The van der Waals surface area contributed by atoms with Crippen molar-refractivity contribution in [2.24, 2.45) is 5.11 Å². The Labute approximate surface area is 87.3 Å². The summed E-state index contributed by atoms with van der Waals surface area (Å²) in [5, 5.41) is 14.7. The normalized spacial score (nSPS) is 14.4. The van der Waals surface area contributed by atoms with Crippen molar-refractivity contribution >= 4 is 11.9 Å². The minimum absolute atomic E-state index is 0.151. The summed E-state index contributed by atoms with van der Waals surface area (Å²) in [7, 11) is 0. The van der Waals surface area contributed by atoms with Gasteiger partial charge in [-0.2, -0.15) is 0 Å². The first-order chi connectivity index (χ1) is 7.09. The van der Waals surface area contributed by atoms with Gasteiger partial charge >= 0.3 is 0 Å². The van der Waals surface area contributed by atoms with Crippen LogP contribution >= 0.6 is 0 Å². The zero-order valence-corrected chi connectivity index (χ0v) is 8.58. The summed E-state index contributed by atoms with van der Waals surface area (Å²) in [5.74, 6) is 0.406. The van der Waals surface area contributed by atoms with Crippen molar-refractivity contribution < 1.29 is 14.1 Å². The largest absolute Gasteiger partial charge is 0.595 e. The number of hydrogen-bond acceptors (Lipinski definition) is 4. The van der Waals surface area contributed by atoms with E-state index in [4.69, 9.17) is 4.42 Å². The van der Waals surface area contributed by atoms with Crippen LogP contribution in [0.5, 0.6) is 0 Å². The summed E-state index contributed by atoms with van der Waals surface area (Å²) in [6, 6.07) is 2.80. The maximum absolute atomic E-state index is 11.1. The van der Waals surface area contributed by atoms with Crippen molar-refractivity contribution in [1.82, 2.24) is 0 Å². The number of furan rings is 1. The fourth-order valence-electron chi connectivity index (χ4n) is 0.814. The smallest absolute Gasteiger partial charge is 0.213 e. The number of azo groups is 1. The fraction of sp³-hybridized carbons (Fsp3) is 0.300. The molecule has 0 bridgehead atoms. The average Bonchev–Trinajstić information content (AvgIpc) is 2.66. The highest BCUT2D eigenvalue weighted by molar-refractivity contribution is 5.80. The Bertz CT molecular complexity index is 379. The standard InChI is InChI=1S/C10H12N2O3/c1-8(9(2)13)11-12(14)6-5-10-4-3-7-15-10/h3-8H,1-2H3. The Morgan fingerprint density at radius 3 is 3.00 bits per heavy atom. The summed E-state index contributed by atoms with van der Waals surface area (Å²) in [4.78, 5) is 11.2. The molecule has 15 heavy (non-hydrogen) atoms. The minimum Gasteiger partial charge on any atom is -0.595 e. The summed E-state index contributed by atoms with van der Waals surface area (Å²) >= 11 is 0. The van der Waals surface area contributed by atoms with Gasteiger partial charge in [0.05, 0.1) is 6.26 Å². The third-order valence-electron chi connectivity index (χ3n) is 1.78. The summed E-state index contributed by atoms with van der Waals surface area (Å²) in [5.41, 5.74) is 0. The topological polar surface area (TPSA) is 68.6 Å². The molecule has 0 saturated heterocycles. The van der Waals surface area contributed by atoms with Gasteiger partial charge in [0.1, 0.15) is 5.76 Å². The van der Waals surface area contributed by atoms with Crippen LogP contribution in [0.2, 0.25) is 0 Å². The molecule has 1 rings (SSSR count). The van der Waals surface area contributed by atoms with Crippen molar-refractivity contribution in [3.8, 4) is 0 Å². The van der Waals surface area contributed by atoms with E-state index in [0.29, 0.717) is 10.6 Å². The van der Waals surface area contributed by atoms with Crippen LogP contribution in [0.15, 0.2) is 34.1 Å². The highest BCUT2D eigenvalue weighted by Gasteiger charge is 2.08. The number of ketones is 1.